The highest BCUT2D eigenvalue weighted by atomic mass is 32.2. The normalized spacial score (nSPS) is 11.6. The van der Waals surface area contributed by atoms with E-state index < -0.39 is 0 Å². The average molecular weight is 323 g/mol. The molecule has 0 saturated carbocycles. The van der Waals surface area contributed by atoms with Gasteiger partial charge in [0.2, 0.25) is 0 Å². The fraction of sp³-hybridized carbons (Fsp3) is 0.471. The smallest absolute Gasteiger partial charge is 0.338 e. The zero-order chi connectivity index (χ0) is 16.5. The van der Waals surface area contributed by atoms with Gasteiger partial charge >= 0.3 is 5.97 Å². The number of hydrogen-bond acceptors (Lipinski definition) is 5. The van der Waals surface area contributed by atoms with Crippen LogP contribution in [0.25, 0.3) is 0 Å². The predicted molar refractivity (Wildman–Crippen MR) is 91.5 cm³/mol. The molecule has 22 heavy (non-hydrogen) atoms. The second-order valence-electron chi connectivity index (χ2n) is 5.35. The molecule has 4 nitrogen and oxygen atoms in total. The summed E-state index contributed by atoms with van der Waals surface area (Å²) in [6, 6.07) is 5.17. The lowest BCUT2D eigenvalue weighted by atomic mass is 10.2. The maximum atomic E-state index is 12.0. The number of hydrogen-bond donors (Lipinski definition) is 2. The third-order valence-corrected chi connectivity index (χ3v) is 4.20. The molecule has 0 heterocycles. The molecule has 2 N–H and O–H groups in total. The Morgan fingerprint density at radius 2 is 2.14 bits per heavy atom. The molecule has 0 atom stereocenters. The van der Waals surface area contributed by atoms with E-state index in [1.165, 1.54) is 4.91 Å². The maximum absolute atomic E-state index is 12.0. The summed E-state index contributed by atoms with van der Waals surface area (Å²) >= 11 is 1.59. The van der Waals surface area contributed by atoms with Gasteiger partial charge in [0.05, 0.1) is 17.9 Å². The Bertz CT molecular complexity index is 527. The minimum absolute atomic E-state index is 0.292. The molecule has 5 heteroatoms. The molecule has 0 bridgehead atoms. The fourth-order valence-corrected chi connectivity index (χ4v) is 2.81. The summed E-state index contributed by atoms with van der Waals surface area (Å²) in [4.78, 5) is 14.1. The van der Waals surface area contributed by atoms with E-state index in [0.717, 1.165) is 17.7 Å². The summed E-state index contributed by atoms with van der Waals surface area (Å²) in [6.45, 7) is 8.55. The first-order valence-corrected chi connectivity index (χ1v) is 8.41. The Labute approximate surface area is 136 Å². The van der Waals surface area contributed by atoms with Gasteiger partial charge < -0.3 is 4.74 Å². The topological polar surface area (TPSA) is 58.6 Å². The van der Waals surface area contributed by atoms with Crippen molar-refractivity contribution < 1.29 is 14.7 Å². The standard InChI is InChI=1S/C17H25NO3S/c1-5-7-14(6-2)22-16-9-8-13(10-15(16)18-20)17(19)21-11-12(3)4/h7-10,12,18,20H,5-6,11H2,1-4H3/b14-7+. The molecule has 0 aliphatic heterocycles. The second-order valence-corrected chi connectivity index (χ2v) is 6.52. The van der Waals surface area contributed by atoms with Gasteiger partial charge in [-0.2, -0.15) is 0 Å². The van der Waals surface area contributed by atoms with E-state index in [1.807, 2.05) is 19.9 Å². The average Bonchev–Trinajstić information content (AvgIpc) is 2.52. The fourth-order valence-electron chi connectivity index (χ4n) is 1.79. The lowest BCUT2D eigenvalue weighted by Gasteiger charge is -2.12. The van der Waals surface area contributed by atoms with Crippen molar-refractivity contribution in [1.82, 2.24) is 0 Å². The zero-order valence-corrected chi connectivity index (χ0v) is 14.5. The van der Waals surface area contributed by atoms with Crippen LogP contribution in [-0.2, 0) is 4.74 Å². The number of esters is 1. The second kappa shape index (κ2) is 9.54. The Balaban J connectivity index is 2.91. The Morgan fingerprint density at radius 1 is 1.41 bits per heavy atom. The number of anilines is 1. The van der Waals surface area contributed by atoms with Crippen LogP contribution in [0.5, 0.6) is 0 Å². The molecule has 1 rings (SSSR count). The largest absolute Gasteiger partial charge is 0.462 e. The molecule has 0 aliphatic rings. The van der Waals surface area contributed by atoms with E-state index in [2.05, 4.69) is 25.4 Å². The summed E-state index contributed by atoms with van der Waals surface area (Å²) < 4.78 is 5.20. The zero-order valence-electron chi connectivity index (χ0n) is 13.7. The number of rotatable bonds is 8. The summed E-state index contributed by atoms with van der Waals surface area (Å²) in [7, 11) is 0. The van der Waals surface area contributed by atoms with Crippen LogP contribution in [0.1, 0.15) is 50.9 Å². The van der Waals surface area contributed by atoms with Gasteiger partial charge in [-0.05, 0) is 41.9 Å². The van der Waals surface area contributed by atoms with Gasteiger partial charge in [0.25, 0.3) is 0 Å². The SMILES string of the molecule is CC/C=C(\CC)Sc1ccc(C(=O)OCC(C)C)cc1NO. The van der Waals surface area contributed by atoms with Crippen molar-refractivity contribution in [2.75, 3.05) is 12.1 Å². The van der Waals surface area contributed by atoms with E-state index in [4.69, 9.17) is 4.74 Å². The predicted octanol–water partition coefficient (Wildman–Crippen LogP) is 5.10. The molecular weight excluding hydrogens is 298 g/mol. The van der Waals surface area contributed by atoms with E-state index in [-0.39, 0.29) is 5.97 Å². The first-order valence-electron chi connectivity index (χ1n) is 7.59. The monoisotopic (exact) mass is 323 g/mol. The van der Waals surface area contributed by atoms with Gasteiger partial charge in [-0.15, -0.1) is 0 Å². The lowest BCUT2D eigenvalue weighted by molar-refractivity contribution is 0.0459. The molecule has 0 spiro atoms. The van der Waals surface area contributed by atoms with Crippen molar-refractivity contribution in [3.8, 4) is 0 Å². The molecule has 0 saturated heterocycles. The molecular formula is C17H25NO3S. The molecule has 1 aromatic rings. The Kier molecular flexibility index (Phi) is 8.06. The number of carbonyl (C=O) groups is 1. The molecule has 0 radical (unpaired) electrons. The number of nitrogens with one attached hydrogen (secondary N) is 1. The van der Waals surface area contributed by atoms with Crippen molar-refractivity contribution >= 4 is 23.4 Å². The van der Waals surface area contributed by atoms with Crippen molar-refractivity contribution in [1.29, 1.82) is 0 Å². The van der Waals surface area contributed by atoms with Crippen LogP contribution in [0.4, 0.5) is 5.69 Å². The summed E-state index contributed by atoms with van der Waals surface area (Å²) in [5, 5.41) is 9.32. The van der Waals surface area contributed by atoms with E-state index in [0.29, 0.717) is 23.8 Å². The van der Waals surface area contributed by atoms with Gasteiger partial charge in [-0.25, -0.2) is 4.79 Å². The van der Waals surface area contributed by atoms with Crippen LogP contribution in [0.2, 0.25) is 0 Å². The molecule has 0 aromatic heterocycles. The Morgan fingerprint density at radius 3 is 2.68 bits per heavy atom. The Hall–Kier alpha value is -1.46. The number of allylic oxidation sites excluding steroid dienone is 2. The van der Waals surface area contributed by atoms with Crippen LogP contribution in [-0.4, -0.2) is 17.8 Å². The van der Waals surface area contributed by atoms with Gasteiger partial charge in [0.15, 0.2) is 0 Å². The van der Waals surface area contributed by atoms with E-state index >= 15 is 0 Å². The van der Waals surface area contributed by atoms with Gasteiger partial charge in [0.1, 0.15) is 0 Å². The molecule has 0 fully saturated rings. The van der Waals surface area contributed by atoms with Crippen molar-refractivity contribution in [3.05, 3.63) is 34.7 Å². The molecule has 0 aliphatic carbocycles. The van der Waals surface area contributed by atoms with Gasteiger partial charge in [-0.3, -0.25) is 10.7 Å². The van der Waals surface area contributed by atoms with Crippen LogP contribution in [0.15, 0.2) is 34.1 Å². The quantitative estimate of drug-likeness (QED) is 0.396. The summed E-state index contributed by atoms with van der Waals surface area (Å²) in [6.07, 6.45) is 4.07. The highest BCUT2D eigenvalue weighted by molar-refractivity contribution is 8.03. The number of benzene rings is 1. The van der Waals surface area contributed by atoms with Gasteiger partial charge in [-0.1, -0.05) is 45.5 Å². The van der Waals surface area contributed by atoms with Crippen LogP contribution in [0, 0.1) is 5.92 Å². The van der Waals surface area contributed by atoms with Crippen molar-refractivity contribution in [2.24, 2.45) is 5.92 Å². The van der Waals surface area contributed by atoms with Crippen LogP contribution < -0.4 is 5.48 Å². The highest BCUT2D eigenvalue weighted by Gasteiger charge is 2.12. The lowest BCUT2D eigenvalue weighted by Crippen LogP contribution is -2.10. The summed E-state index contributed by atoms with van der Waals surface area (Å²) in [5.74, 6) is -0.0814. The highest BCUT2D eigenvalue weighted by Crippen LogP contribution is 2.35. The maximum Gasteiger partial charge on any atom is 0.338 e. The molecule has 122 valence electrons. The van der Waals surface area contributed by atoms with Crippen molar-refractivity contribution in [3.63, 3.8) is 0 Å². The molecule has 0 unspecified atom stereocenters. The first-order chi connectivity index (χ1) is 10.5. The summed E-state index contributed by atoms with van der Waals surface area (Å²) in [5.41, 5.74) is 3.11. The first kappa shape index (κ1) is 18.6. The minimum Gasteiger partial charge on any atom is -0.462 e. The van der Waals surface area contributed by atoms with E-state index in [1.54, 1.807) is 23.9 Å². The van der Waals surface area contributed by atoms with Gasteiger partial charge in [0, 0.05) is 4.90 Å². The van der Waals surface area contributed by atoms with Crippen LogP contribution in [0.3, 0.4) is 0 Å². The van der Waals surface area contributed by atoms with Crippen LogP contribution >= 0.6 is 11.8 Å². The van der Waals surface area contributed by atoms with E-state index in [9.17, 15) is 10.0 Å². The molecule has 1 aromatic carbocycles. The number of ether oxygens (including phenoxy) is 1. The van der Waals surface area contributed by atoms with Crippen molar-refractivity contribution in [2.45, 2.75) is 45.4 Å². The number of thioether (sulfide) groups is 1. The third-order valence-electron chi connectivity index (χ3n) is 2.90. The third kappa shape index (κ3) is 5.73. The molecule has 0 amide bonds. The minimum atomic E-state index is -0.374. The number of carbonyl (C=O) groups excluding carboxylic acids is 1.